The first-order valence-electron chi connectivity index (χ1n) is 9.18. The fourth-order valence-corrected chi connectivity index (χ4v) is 2.83. The van der Waals surface area contributed by atoms with Gasteiger partial charge < -0.3 is 19.9 Å². The van der Waals surface area contributed by atoms with Gasteiger partial charge in [0.15, 0.2) is 5.96 Å². The van der Waals surface area contributed by atoms with Crippen molar-refractivity contribution in [1.29, 1.82) is 0 Å². The van der Waals surface area contributed by atoms with Crippen LogP contribution in [0.3, 0.4) is 0 Å². The lowest BCUT2D eigenvalue weighted by molar-refractivity contribution is -0.127. The van der Waals surface area contributed by atoms with Crippen LogP contribution in [0.1, 0.15) is 5.56 Å². The van der Waals surface area contributed by atoms with Crippen molar-refractivity contribution in [3.63, 3.8) is 0 Å². The van der Waals surface area contributed by atoms with Gasteiger partial charge in [-0.3, -0.25) is 9.69 Å². The fraction of sp³-hybridized carbons (Fsp3) is 0.579. The van der Waals surface area contributed by atoms with Crippen LogP contribution in [0.5, 0.6) is 0 Å². The van der Waals surface area contributed by atoms with Crippen LogP contribution in [0.4, 0.5) is 4.39 Å². The number of guanidine groups is 1. The van der Waals surface area contributed by atoms with Gasteiger partial charge in [0.2, 0.25) is 5.91 Å². The van der Waals surface area contributed by atoms with E-state index in [1.165, 1.54) is 11.0 Å². The number of amides is 1. The molecule has 0 saturated carbocycles. The number of hydrogen-bond acceptors (Lipinski definition) is 4. The van der Waals surface area contributed by atoms with Crippen LogP contribution >= 0.6 is 24.0 Å². The molecule has 0 unspecified atom stereocenters. The van der Waals surface area contributed by atoms with Crippen molar-refractivity contribution in [3.05, 3.63) is 35.6 Å². The van der Waals surface area contributed by atoms with Gasteiger partial charge in [-0.1, -0.05) is 12.1 Å². The van der Waals surface area contributed by atoms with Crippen molar-refractivity contribution >= 4 is 35.8 Å². The van der Waals surface area contributed by atoms with Gasteiger partial charge in [0.1, 0.15) is 12.4 Å². The van der Waals surface area contributed by atoms with Crippen LogP contribution in [0.25, 0.3) is 0 Å². The average Bonchev–Trinajstić information content (AvgIpc) is 2.65. The molecule has 9 heteroatoms. The van der Waals surface area contributed by atoms with E-state index in [-0.39, 0.29) is 42.2 Å². The van der Waals surface area contributed by atoms with Crippen LogP contribution in [-0.2, 0) is 16.1 Å². The quantitative estimate of drug-likeness (QED) is 0.261. The average molecular weight is 507 g/mol. The highest BCUT2D eigenvalue weighted by Gasteiger charge is 2.20. The number of piperazine rings is 1. The van der Waals surface area contributed by atoms with E-state index < -0.39 is 0 Å². The Morgan fingerprint density at radius 2 is 2.00 bits per heavy atom. The highest BCUT2D eigenvalue weighted by atomic mass is 127. The largest absolute Gasteiger partial charge is 0.383 e. The second kappa shape index (κ2) is 12.9. The summed E-state index contributed by atoms with van der Waals surface area (Å²) in [5.41, 5.74) is 0.979. The summed E-state index contributed by atoms with van der Waals surface area (Å²) in [7, 11) is 5.10. The molecule has 1 aromatic carbocycles. The maximum Gasteiger partial charge on any atom is 0.243 e. The molecule has 0 bridgehead atoms. The van der Waals surface area contributed by atoms with Crippen LogP contribution in [0, 0.1) is 5.82 Å². The zero-order chi connectivity index (χ0) is 19.6. The third-order valence-corrected chi connectivity index (χ3v) is 4.42. The molecule has 1 saturated heterocycles. The molecular weight excluding hydrogens is 476 g/mol. The standard InChI is InChI=1S/C19H30FN5O2.HI/c1-23(2)18(26)14-22-19(21-7-12-27-3)25-10-8-24(9-11-25)15-16-5-4-6-17(20)13-16;/h4-6,13H,7-12,14-15H2,1-3H3,(H,21,22);1H. The number of likely N-dealkylation sites (N-methyl/N-ethyl adjacent to an activating group) is 1. The van der Waals surface area contributed by atoms with Gasteiger partial charge in [0, 0.05) is 60.5 Å². The smallest absolute Gasteiger partial charge is 0.243 e. The molecule has 1 fully saturated rings. The molecule has 0 spiro atoms. The third kappa shape index (κ3) is 8.27. The first-order chi connectivity index (χ1) is 13.0. The monoisotopic (exact) mass is 507 g/mol. The number of halogens is 2. The number of carbonyl (C=O) groups is 1. The first-order valence-corrected chi connectivity index (χ1v) is 9.18. The van der Waals surface area contributed by atoms with Crippen molar-refractivity contribution in [2.24, 2.45) is 4.99 Å². The highest BCUT2D eigenvalue weighted by molar-refractivity contribution is 14.0. The van der Waals surface area contributed by atoms with Gasteiger partial charge in [-0.25, -0.2) is 9.38 Å². The molecule has 2 rings (SSSR count). The number of nitrogens with one attached hydrogen (secondary N) is 1. The number of rotatable bonds is 7. The summed E-state index contributed by atoms with van der Waals surface area (Å²) >= 11 is 0. The number of methoxy groups -OCH3 is 1. The summed E-state index contributed by atoms with van der Waals surface area (Å²) in [6.45, 7) is 5.34. The summed E-state index contributed by atoms with van der Waals surface area (Å²) in [6.07, 6.45) is 0. The summed E-state index contributed by atoms with van der Waals surface area (Å²) in [5, 5.41) is 3.27. The molecule has 28 heavy (non-hydrogen) atoms. The molecule has 0 radical (unpaired) electrons. The Bertz CT molecular complexity index is 637. The van der Waals surface area contributed by atoms with Crippen molar-refractivity contribution in [2.75, 3.05) is 67.1 Å². The molecular formula is C19H31FIN5O2. The number of carbonyl (C=O) groups excluding carboxylic acids is 1. The van der Waals surface area contributed by atoms with Crippen molar-refractivity contribution < 1.29 is 13.9 Å². The number of hydrogen-bond donors (Lipinski definition) is 1. The second-order valence-corrected chi connectivity index (χ2v) is 6.74. The molecule has 1 aromatic rings. The van der Waals surface area contributed by atoms with E-state index in [2.05, 4.69) is 20.1 Å². The summed E-state index contributed by atoms with van der Waals surface area (Å²) in [5.74, 6) is 0.492. The van der Waals surface area contributed by atoms with Gasteiger partial charge in [-0.2, -0.15) is 0 Å². The minimum atomic E-state index is -0.201. The number of benzene rings is 1. The topological polar surface area (TPSA) is 60.4 Å². The molecule has 1 aliphatic rings. The second-order valence-electron chi connectivity index (χ2n) is 6.74. The van der Waals surface area contributed by atoms with E-state index in [1.54, 1.807) is 33.3 Å². The van der Waals surface area contributed by atoms with Gasteiger partial charge in [0.25, 0.3) is 0 Å². The van der Waals surface area contributed by atoms with Crippen molar-refractivity contribution in [3.8, 4) is 0 Å². The summed E-state index contributed by atoms with van der Waals surface area (Å²) < 4.78 is 18.4. The Kier molecular flexibility index (Phi) is 11.3. The van der Waals surface area contributed by atoms with E-state index in [9.17, 15) is 9.18 Å². The third-order valence-electron chi connectivity index (χ3n) is 4.42. The molecule has 158 valence electrons. The SMILES string of the molecule is COCCNC(=NCC(=O)N(C)C)N1CCN(Cc2cccc(F)c2)CC1.I. The normalized spacial score (nSPS) is 15.1. The van der Waals surface area contributed by atoms with Gasteiger partial charge in [-0.05, 0) is 17.7 Å². The number of nitrogens with zero attached hydrogens (tertiary/aromatic N) is 4. The Hall–Kier alpha value is -1.46. The van der Waals surface area contributed by atoms with Gasteiger partial charge in [-0.15, -0.1) is 24.0 Å². The lowest BCUT2D eigenvalue weighted by Crippen LogP contribution is -2.52. The van der Waals surface area contributed by atoms with Crippen LogP contribution in [-0.4, -0.2) is 93.6 Å². The van der Waals surface area contributed by atoms with Crippen LogP contribution < -0.4 is 5.32 Å². The maximum absolute atomic E-state index is 13.4. The zero-order valence-corrected chi connectivity index (χ0v) is 19.2. The van der Waals surface area contributed by atoms with Crippen molar-refractivity contribution in [2.45, 2.75) is 6.54 Å². The molecule has 1 aliphatic heterocycles. The Morgan fingerprint density at radius 1 is 1.29 bits per heavy atom. The first kappa shape index (κ1) is 24.6. The minimum absolute atomic E-state index is 0. The Labute approximate surface area is 183 Å². The van der Waals surface area contributed by atoms with E-state index in [4.69, 9.17) is 4.74 Å². The Morgan fingerprint density at radius 3 is 2.61 bits per heavy atom. The van der Waals surface area contributed by atoms with Crippen LogP contribution in [0.15, 0.2) is 29.3 Å². The summed E-state index contributed by atoms with van der Waals surface area (Å²) in [6, 6.07) is 6.73. The van der Waals surface area contributed by atoms with E-state index in [1.807, 2.05) is 6.07 Å². The van der Waals surface area contributed by atoms with E-state index in [0.29, 0.717) is 13.2 Å². The van der Waals surface area contributed by atoms with Gasteiger partial charge >= 0.3 is 0 Å². The lowest BCUT2D eigenvalue weighted by Gasteiger charge is -2.36. The molecule has 7 nitrogen and oxygen atoms in total. The van der Waals surface area contributed by atoms with Crippen LogP contribution in [0.2, 0.25) is 0 Å². The highest BCUT2D eigenvalue weighted by Crippen LogP contribution is 2.10. The molecule has 0 aliphatic carbocycles. The predicted molar refractivity (Wildman–Crippen MR) is 120 cm³/mol. The Balaban J connectivity index is 0.00000392. The van der Waals surface area contributed by atoms with Crippen molar-refractivity contribution in [1.82, 2.24) is 20.0 Å². The predicted octanol–water partition coefficient (Wildman–Crippen LogP) is 1.24. The molecule has 1 N–H and O–H groups in total. The van der Waals surface area contributed by atoms with E-state index in [0.717, 1.165) is 44.2 Å². The number of ether oxygens (including phenoxy) is 1. The zero-order valence-electron chi connectivity index (χ0n) is 16.9. The fourth-order valence-electron chi connectivity index (χ4n) is 2.83. The molecule has 0 aromatic heterocycles. The maximum atomic E-state index is 13.4. The van der Waals surface area contributed by atoms with E-state index >= 15 is 0 Å². The minimum Gasteiger partial charge on any atom is -0.383 e. The molecule has 1 amide bonds. The molecule has 0 atom stereocenters. The van der Waals surface area contributed by atoms with Gasteiger partial charge in [0.05, 0.1) is 6.61 Å². The number of aliphatic imine (C=N–C) groups is 1. The summed E-state index contributed by atoms with van der Waals surface area (Å²) in [4.78, 5) is 22.3. The molecule has 1 heterocycles. The lowest BCUT2D eigenvalue weighted by atomic mass is 10.2.